The van der Waals surface area contributed by atoms with E-state index in [9.17, 15) is 13.5 Å². The number of hydrogen-bond acceptors (Lipinski definition) is 5. The Kier molecular flexibility index (Phi) is 5.95. The molecule has 23 heavy (non-hydrogen) atoms. The van der Waals surface area contributed by atoms with Crippen molar-refractivity contribution in [3.8, 4) is 0 Å². The third-order valence-electron chi connectivity index (χ3n) is 4.90. The van der Waals surface area contributed by atoms with E-state index in [1.165, 1.54) is 12.3 Å². The first-order valence-corrected chi connectivity index (χ1v) is 9.60. The lowest BCUT2D eigenvalue weighted by Crippen LogP contribution is -2.39. The lowest BCUT2D eigenvalue weighted by Gasteiger charge is -2.32. The molecule has 0 aromatic carbocycles. The summed E-state index contributed by atoms with van der Waals surface area (Å²) < 4.78 is 26.3. The summed E-state index contributed by atoms with van der Waals surface area (Å²) >= 11 is 0. The first-order valence-electron chi connectivity index (χ1n) is 8.06. The Morgan fingerprint density at radius 2 is 2.30 bits per heavy atom. The van der Waals surface area contributed by atoms with Gasteiger partial charge in [-0.2, -0.15) is 0 Å². The fourth-order valence-corrected chi connectivity index (χ4v) is 5.52. The number of nitrogens with zero attached hydrogens (tertiary/aromatic N) is 1. The minimum Gasteiger partial charge on any atom is -0.390 e. The smallest absolute Gasteiger partial charge is 0.185 e. The predicted molar refractivity (Wildman–Crippen MR) is 90.8 cm³/mol. The quantitative estimate of drug-likeness (QED) is 0.774. The molecule has 1 aromatic rings. The van der Waals surface area contributed by atoms with E-state index in [0.717, 1.165) is 25.9 Å². The Hall–Kier alpha value is -1.24. The molecule has 1 aliphatic rings. The van der Waals surface area contributed by atoms with Crippen LogP contribution >= 0.6 is 0 Å². The van der Waals surface area contributed by atoms with Crippen LogP contribution in [-0.4, -0.2) is 36.8 Å². The summed E-state index contributed by atoms with van der Waals surface area (Å²) in [6, 6.07) is 1.52. The minimum atomic E-state index is -3.56. The number of hydrogen-bond donors (Lipinski definition) is 2. The molecule has 2 rings (SSSR count). The average molecular weight is 338 g/mol. The number of pyridine rings is 1. The second-order valence-electron chi connectivity index (χ2n) is 6.25. The first kappa shape index (κ1) is 18.1. The second-order valence-corrected chi connectivity index (χ2v) is 8.32. The molecule has 0 spiro atoms. The Labute approximate surface area is 138 Å². The number of aromatic nitrogens is 1. The fraction of sp³-hybridized carbons (Fsp3) is 0.588. The van der Waals surface area contributed by atoms with Crippen LogP contribution in [0.4, 0.5) is 0 Å². The van der Waals surface area contributed by atoms with Crippen molar-refractivity contribution in [1.29, 1.82) is 0 Å². The molecule has 0 bridgehead atoms. The third-order valence-corrected chi connectivity index (χ3v) is 7.30. The van der Waals surface area contributed by atoms with Gasteiger partial charge in [-0.25, -0.2) is 8.42 Å². The highest BCUT2D eigenvalue weighted by molar-refractivity contribution is 7.92. The molecule has 0 saturated carbocycles. The lowest BCUT2D eigenvalue weighted by molar-refractivity contribution is 0.275. The predicted octanol–water partition coefficient (Wildman–Crippen LogP) is 1.85. The van der Waals surface area contributed by atoms with Gasteiger partial charge in [-0.3, -0.25) is 4.98 Å². The number of nitrogens with one attached hydrogen (secondary N) is 1. The van der Waals surface area contributed by atoms with Gasteiger partial charge in [0.2, 0.25) is 0 Å². The van der Waals surface area contributed by atoms with Crippen molar-refractivity contribution in [3.63, 3.8) is 0 Å². The molecule has 0 aliphatic carbocycles. The molecule has 6 heteroatoms. The van der Waals surface area contributed by atoms with Crippen LogP contribution < -0.4 is 5.32 Å². The van der Waals surface area contributed by atoms with Crippen LogP contribution in [0, 0.1) is 18.8 Å². The maximum atomic E-state index is 13.1. The molecule has 2 N–H and O–H groups in total. The Morgan fingerprint density at radius 3 is 2.87 bits per heavy atom. The van der Waals surface area contributed by atoms with Gasteiger partial charge in [-0.1, -0.05) is 13.0 Å². The summed E-state index contributed by atoms with van der Waals surface area (Å²) in [5.41, 5.74) is 0.927. The first-order chi connectivity index (χ1) is 10.9. The van der Waals surface area contributed by atoms with E-state index in [2.05, 4.69) is 16.9 Å². The highest BCUT2D eigenvalue weighted by Gasteiger charge is 2.35. The normalized spacial score (nSPS) is 21.6. The summed E-state index contributed by atoms with van der Waals surface area (Å²) in [4.78, 5) is 4.29. The Morgan fingerprint density at radius 1 is 1.57 bits per heavy atom. The average Bonchev–Trinajstić information content (AvgIpc) is 2.56. The van der Waals surface area contributed by atoms with Gasteiger partial charge in [0, 0.05) is 6.20 Å². The number of aliphatic hydroxyl groups is 1. The van der Waals surface area contributed by atoms with Crippen LogP contribution in [-0.2, 0) is 16.4 Å². The highest BCUT2D eigenvalue weighted by atomic mass is 32.2. The highest BCUT2D eigenvalue weighted by Crippen LogP contribution is 2.32. The second kappa shape index (κ2) is 7.55. The summed E-state index contributed by atoms with van der Waals surface area (Å²) in [6.07, 6.45) is 5.10. The molecule has 128 valence electrons. The van der Waals surface area contributed by atoms with E-state index in [0.29, 0.717) is 17.2 Å². The van der Waals surface area contributed by atoms with Gasteiger partial charge < -0.3 is 10.4 Å². The van der Waals surface area contributed by atoms with E-state index < -0.39 is 15.1 Å². The zero-order valence-electron chi connectivity index (χ0n) is 13.8. The van der Waals surface area contributed by atoms with Crippen molar-refractivity contribution < 1.29 is 13.5 Å². The van der Waals surface area contributed by atoms with Gasteiger partial charge in [0.1, 0.15) is 0 Å². The molecule has 2 heterocycles. The monoisotopic (exact) mass is 338 g/mol. The maximum absolute atomic E-state index is 13.1. The van der Waals surface area contributed by atoms with Crippen molar-refractivity contribution in [2.75, 3.05) is 13.1 Å². The lowest BCUT2D eigenvalue weighted by atomic mass is 9.85. The van der Waals surface area contributed by atoms with Gasteiger partial charge in [-0.15, -0.1) is 6.58 Å². The summed E-state index contributed by atoms with van der Waals surface area (Å²) in [6.45, 7) is 9.04. The molecular formula is C17H26N2O3S. The minimum absolute atomic E-state index is 0.0181. The van der Waals surface area contributed by atoms with E-state index in [1.807, 2.05) is 6.92 Å². The van der Waals surface area contributed by atoms with E-state index >= 15 is 0 Å². The standard InChI is InChI=1S/C17H26N2O3S/c1-4-16(12(2)14-6-5-8-18-10-14)23(21,22)17-7-9-19-15(11-20)13(17)3/h4,7,9,12,14,16,18,20H,1,5-6,8,10-11H2,2-3H3. The van der Waals surface area contributed by atoms with E-state index in [1.54, 1.807) is 13.0 Å². The van der Waals surface area contributed by atoms with Gasteiger partial charge in [-0.05, 0) is 56.3 Å². The number of sulfone groups is 1. The largest absolute Gasteiger partial charge is 0.390 e. The van der Waals surface area contributed by atoms with Crippen molar-refractivity contribution in [3.05, 3.63) is 36.2 Å². The molecule has 1 aromatic heterocycles. The maximum Gasteiger partial charge on any atom is 0.185 e. The van der Waals surface area contributed by atoms with Crippen LogP contribution in [0.25, 0.3) is 0 Å². The molecule has 3 atom stereocenters. The van der Waals surface area contributed by atoms with Gasteiger partial charge in [0.25, 0.3) is 0 Å². The van der Waals surface area contributed by atoms with Crippen molar-refractivity contribution in [2.24, 2.45) is 11.8 Å². The van der Waals surface area contributed by atoms with Crippen LogP contribution in [0.5, 0.6) is 0 Å². The molecule has 1 aliphatic heterocycles. The Bertz CT molecular complexity index is 652. The van der Waals surface area contributed by atoms with Crippen LogP contribution in [0.15, 0.2) is 29.8 Å². The van der Waals surface area contributed by atoms with E-state index in [-0.39, 0.29) is 17.4 Å². The van der Waals surface area contributed by atoms with Crippen LogP contribution in [0.2, 0.25) is 0 Å². The number of aliphatic hydroxyl groups excluding tert-OH is 1. The third kappa shape index (κ3) is 3.65. The van der Waals surface area contributed by atoms with Gasteiger partial charge >= 0.3 is 0 Å². The molecule has 0 radical (unpaired) electrons. The Balaban J connectivity index is 2.37. The zero-order chi connectivity index (χ0) is 17.0. The summed E-state index contributed by atoms with van der Waals surface area (Å²) in [5.74, 6) is 0.302. The summed E-state index contributed by atoms with van der Waals surface area (Å²) in [5, 5.41) is 12.0. The van der Waals surface area contributed by atoms with Crippen LogP contribution in [0.3, 0.4) is 0 Å². The molecule has 3 unspecified atom stereocenters. The van der Waals surface area contributed by atoms with Crippen LogP contribution in [0.1, 0.15) is 31.0 Å². The van der Waals surface area contributed by atoms with Gasteiger partial charge in [0.15, 0.2) is 9.84 Å². The molecule has 5 nitrogen and oxygen atoms in total. The summed E-state index contributed by atoms with van der Waals surface area (Å²) in [7, 11) is -3.56. The van der Waals surface area contributed by atoms with Crippen molar-refractivity contribution in [1.82, 2.24) is 10.3 Å². The van der Waals surface area contributed by atoms with Crippen molar-refractivity contribution >= 4 is 9.84 Å². The topological polar surface area (TPSA) is 79.3 Å². The molecule has 0 amide bonds. The molecular weight excluding hydrogens is 312 g/mol. The molecule has 1 fully saturated rings. The zero-order valence-corrected chi connectivity index (χ0v) is 14.6. The fourth-order valence-electron chi connectivity index (χ4n) is 3.39. The number of rotatable bonds is 6. The molecule has 1 saturated heterocycles. The van der Waals surface area contributed by atoms with Gasteiger partial charge in [0.05, 0.1) is 22.4 Å². The SMILES string of the molecule is C=CC(C(C)C1CCCNC1)S(=O)(=O)c1ccnc(CO)c1C. The number of piperidine rings is 1. The van der Waals surface area contributed by atoms with E-state index in [4.69, 9.17) is 0 Å². The van der Waals surface area contributed by atoms with Crippen molar-refractivity contribution in [2.45, 2.75) is 43.4 Å².